The molecule has 4 N–H and O–H groups in total. The van der Waals surface area contributed by atoms with Crippen molar-refractivity contribution in [3.63, 3.8) is 0 Å². The fourth-order valence-corrected chi connectivity index (χ4v) is 5.06. The fourth-order valence-electron chi connectivity index (χ4n) is 4.90. The number of nitrogens with zero attached hydrogens (tertiary/aromatic N) is 1. The number of carbonyl (C=O) groups is 2. The van der Waals surface area contributed by atoms with Crippen molar-refractivity contribution in [3.8, 4) is 22.6 Å². The minimum atomic E-state index is -0.437. The van der Waals surface area contributed by atoms with Crippen molar-refractivity contribution < 1.29 is 18.7 Å². The Kier molecular flexibility index (Phi) is 11.0. The lowest BCUT2D eigenvalue weighted by Gasteiger charge is -2.26. The molecule has 0 aliphatic heterocycles. The highest BCUT2D eigenvalue weighted by Gasteiger charge is 2.22. The average Bonchev–Trinajstić information content (AvgIpc) is 3.09. The molecule has 5 aromatic carbocycles. The molecule has 0 saturated carbocycles. The first-order valence-electron chi connectivity index (χ1n) is 14.9. The van der Waals surface area contributed by atoms with Gasteiger partial charge in [-0.05, 0) is 65.6 Å². The Morgan fingerprint density at radius 1 is 0.804 bits per heavy atom. The molecule has 5 aromatic rings. The summed E-state index contributed by atoms with van der Waals surface area (Å²) in [7, 11) is 0. The van der Waals surface area contributed by atoms with Crippen LogP contribution in [0.1, 0.15) is 27.9 Å². The van der Waals surface area contributed by atoms with Gasteiger partial charge in [0.25, 0.3) is 5.91 Å². The van der Waals surface area contributed by atoms with Crippen LogP contribution in [0, 0.1) is 5.82 Å². The van der Waals surface area contributed by atoms with E-state index in [2.05, 4.69) is 10.6 Å². The van der Waals surface area contributed by atoms with Crippen LogP contribution in [0.2, 0.25) is 5.02 Å². The SMILES string of the molecule is NCc1cccc(Oc2cc(Cl)ccc2N(CCCNC(=O)NCc2ccccc2F)C(=O)c2ccc(-c3ccccc3)cc2)c1. The third kappa shape index (κ3) is 8.50. The number of urea groups is 1. The Morgan fingerprint density at radius 2 is 1.54 bits per heavy atom. The van der Waals surface area contributed by atoms with Crippen LogP contribution in [0.15, 0.2) is 121 Å². The van der Waals surface area contributed by atoms with E-state index in [0.717, 1.165) is 16.7 Å². The number of hydrogen-bond acceptors (Lipinski definition) is 4. The first-order valence-corrected chi connectivity index (χ1v) is 15.3. The molecule has 0 spiro atoms. The number of rotatable bonds is 12. The maximum atomic E-state index is 14.1. The third-order valence-electron chi connectivity index (χ3n) is 7.30. The molecule has 0 aliphatic rings. The molecule has 7 nitrogen and oxygen atoms in total. The van der Waals surface area contributed by atoms with E-state index in [1.807, 2.05) is 66.7 Å². The zero-order chi connectivity index (χ0) is 32.3. The van der Waals surface area contributed by atoms with E-state index in [1.54, 1.807) is 53.4 Å². The predicted molar refractivity (Wildman–Crippen MR) is 181 cm³/mol. The van der Waals surface area contributed by atoms with Gasteiger partial charge < -0.3 is 26.0 Å². The number of hydrogen-bond donors (Lipinski definition) is 3. The predicted octanol–water partition coefficient (Wildman–Crippen LogP) is 7.93. The van der Waals surface area contributed by atoms with Crippen LogP contribution in [-0.4, -0.2) is 25.0 Å². The minimum Gasteiger partial charge on any atom is -0.455 e. The summed E-state index contributed by atoms with van der Waals surface area (Å²) in [6.45, 7) is 0.929. The average molecular weight is 637 g/mol. The van der Waals surface area contributed by atoms with E-state index in [4.69, 9.17) is 22.1 Å². The number of ether oxygens (including phenoxy) is 1. The van der Waals surface area contributed by atoms with Gasteiger partial charge in [0, 0.05) is 48.4 Å². The van der Waals surface area contributed by atoms with Crippen molar-refractivity contribution in [1.29, 1.82) is 0 Å². The number of carbonyl (C=O) groups excluding carboxylic acids is 2. The van der Waals surface area contributed by atoms with Crippen molar-refractivity contribution in [2.24, 2.45) is 5.73 Å². The van der Waals surface area contributed by atoms with Gasteiger partial charge in [-0.2, -0.15) is 0 Å². The molecule has 0 fully saturated rings. The van der Waals surface area contributed by atoms with Gasteiger partial charge in [0.2, 0.25) is 0 Å². The lowest BCUT2D eigenvalue weighted by atomic mass is 10.0. The monoisotopic (exact) mass is 636 g/mol. The molecule has 46 heavy (non-hydrogen) atoms. The summed E-state index contributed by atoms with van der Waals surface area (Å²) < 4.78 is 20.2. The second-order valence-corrected chi connectivity index (χ2v) is 11.0. The highest BCUT2D eigenvalue weighted by molar-refractivity contribution is 6.30. The van der Waals surface area contributed by atoms with Gasteiger partial charge in [0.1, 0.15) is 11.6 Å². The molecule has 0 atom stereocenters. The molecule has 0 radical (unpaired) electrons. The van der Waals surface area contributed by atoms with Gasteiger partial charge >= 0.3 is 6.03 Å². The number of anilines is 1. The summed E-state index contributed by atoms with van der Waals surface area (Å²) in [5.74, 6) is 0.321. The van der Waals surface area contributed by atoms with Crippen molar-refractivity contribution >= 4 is 29.2 Å². The van der Waals surface area contributed by atoms with E-state index in [-0.39, 0.29) is 31.4 Å². The van der Waals surface area contributed by atoms with Gasteiger partial charge in [-0.3, -0.25) is 4.79 Å². The van der Waals surface area contributed by atoms with E-state index in [9.17, 15) is 14.0 Å². The van der Waals surface area contributed by atoms with E-state index in [1.165, 1.54) is 6.07 Å². The molecule has 0 bridgehead atoms. The first-order chi connectivity index (χ1) is 22.4. The third-order valence-corrected chi connectivity index (χ3v) is 7.54. The number of nitrogens with two attached hydrogens (primary N) is 1. The van der Waals surface area contributed by atoms with Gasteiger partial charge in [-0.15, -0.1) is 0 Å². The van der Waals surface area contributed by atoms with E-state index in [0.29, 0.717) is 46.3 Å². The smallest absolute Gasteiger partial charge is 0.315 e. The summed E-state index contributed by atoms with van der Waals surface area (Å²) in [5.41, 5.74) is 10.2. The molecule has 0 aliphatic carbocycles. The maximum absolute atomic E-state index is 14.1. The van der Waals surface area contributed by atoms with Gasteiger partial charge in [0.05, 0.1) is 5.69 Å². The Bertz CT molecular complexity index is 1780. The number of amides is 3. The van der Waals surface area contributed by atoms with Crippen LogP contribution in [-0.2, 0) is 13.1 Å². The van der Waals surface area contributed by atoms with Crippen LogP contribution in [0.5, 0.6) is 11.5 Å². The lowest BCUT2D eigenvalue weighted by Crippen LogP contribution is -2.38. The van der Waals surface area contributed by atoms with Crippen molar-refractivity contribution in [1.82, 2.24) is 10.6 Å². The molecule has 9 heteroatoms. The normalized spacial score (nSPS) is 10.7. The molecule has 3 amide bonds. The highest BCUT2D eigenvalue weighted by Crippen LogP contribution is 2.36. The van der Waals surface area contributed by atoms with Crippen LogP contribution >= 0.6 is 11.6 Å². The molecule has 0 heterocycles. The molecule has 0 saturated heterocycles. The van der Waals surface area contributed by atoms with Crippen molar-refractivity contribution in [2.45, 2.75) is 19.5 Å². The molecular formula is C37H34ClFN4O3. The Balaban J connectivity index is 1.35. The fraction of sp³-hybridized carbons (Fsp3) is 0.135. The minimum absolute atomic E-state index is 0.0545. The largest absolute Gasteiger partial charge is 0.455 e. The maximum Gasteiger partial charge on any atom is 0.315 e. The number of benzene rings is 5. The van der Waals surface area contributed by atoms with Crippen molar-refractivity contribution in [3.05, 3.63) is 149 Å². The Labute approximate surface area is 272 Å². The topological polar surface area (TPSA) is 96.7 Å². The van der Waals surface area contributed by atoms with E-state index < -0.39 is 6.03 Å². The molecule has 5 rings (SSSR count). The van der Waals surface area contributed by atoms with E-state index >= 15 is 0 Å². The van der Waals surface area contributed by atoms with Crippen LogP contribution in [0.4, 0.5) is 14.9 Å². The van der Waals surface area contributed by atoms with Gasteiger partial charge in [0.15, 0.2) is 5.75 Å². The zero-order valence-electron chi connectivity index (χ0n) is 25.1. The summed E-state index contributed by atoms with van der Waals surface area (Å²) in [5, 5.41) is 5.90. The summed E-state index contributed by atoms with van der Waals surface area (Å²) in [6, 6.07) is 35.7. The summed E-state index contributed by atoms with van der Waals surface area (Å²) in [4.78, 5) is 28.1. The molecule has 234 valence electrons. The van der Waals surface area contributed by atoms with Gasteiger partial charge in [-0.25, -0.2) is 9.18 Å². The lowest BCUT2D eigenvalue weighted by molar-refractivity contribution is 0.0986. The van der Waals surface area contributed by atoms with Crippen LogP contribution in [0.3, 0.4) is 0 Å². The van der Waals surface area contributed by atoms with Crippen LogP contribution in [0.25, 0.3) is 11.1 Å². The van der Waals surface area contributed by atoms with Crippen LogP contribution < -0.4 is 26.0 Å². The Hall–Kier alpha value is -5.18. The molecule has 0 unspecified atom stereocenters. The second-order valence-electron chi connectivity index (χ2n) is 10.5. The summed E-state index contributed by atoms with van der Waals surface area (Å²) >= 11 is 6.38. The number of halogens is 2. The standard InChI is InChI=1S/C37H34ClFN4O3/c38-31-18-19-34(35(23-31)46-32-12-6-8-26(22-32)24-40)43(21-7-20-41-37(45)42-25-30-11-4-5-13-33(30)39)36(44)29-16-14-28(15-17-29)27-9-2-1-3-10-27/h1-6,8-19,22-23H,7,20-21,24-25,40H2,(H2,41,42,45). The molecular weight excluding hydrogens is 603 g/mol. The zero-order valence-corrected chi connectivity index (χ0v) is 25.8. The van der Waals surface area contributed by atoms with Crippen molar-refractivity contribution in [2.75, 3.05) is 18.0 Å². The number of nitrogens with one attached hydrogen (secondary N) is 2. The quantitative estimate of drug-likeness (QED) is 0.121. The molecule has 0 aromatic heterocycles. The highest BCUT2D eigenvalue weighted by atomic mass is 35.5. The van der Waals surface area contributed by atoms with Gasteiger partial charge in [-0.1, -0.05) is 84.4 Å². The first kappa shape index (κ1) is 32.2. The Morgan fingerprint density at radius 3 is 2.30 bits per heavy atom. The second kappa shape index (κ2) is 15.7. The summed E-state index contributed by atoms with van der Waals surface area (Å²) in [6.07, 6.45) is 0.422.